The third kappa shape index (κ3) is 10.8. The monoisotopic (exact) mass is 245 g/mol. The third-order valence-corrected chi connectivity index (χ3v) is 3.45. The fraction of sp³-hybridized carbons (Fsp3) is 1.00. The number of hydrogen-bond acceptors (Lipinski definition) is 2. The van der Waals surface area contributed by atoms with Crippen molar-refractivity contribution in [2.24, 2.45) is 17.8 Å². The molecule has 16 heavy (non-hydrogen) atoms. The van der Waals surface area contributed by atoms with Gasteiger partial charge in [-0.15, -0.1) is 0 Å². The Morgan fingerprint density at radius 1 is 1.00 bits per heavy atom. The first-order valence-electron chi connectivity index (χ1n) is 6.75. The van der Waals surface area contributed by atoms with Crippen LogP contribution < -0.4 is 5.32 Å². The maximum absolute atomic E-state index is 3.61. The van der Waals surface area contributed by atoms with Gasteiger partial charge in [0, 0.05) is 0 Å². The second-order valence-electron chi connectivity index (χ2n) is 5.68. The summed E-state index contributed by atoms with van der Waals surface area (Å²) in [5, 5.41) is 3.61. The first-order valence-corrected chi connectivity index (χ1v) is 8.15. The van der Waals surface area contributed by atoms with Gasteiger partial charge in [0.25, 0.3) is 0 Å². The van der Waals surface area contributed by atoms with Crippen molar-refractivity contribution in [3.8, 4) is 0 Å². The van der Waals surface area contributed by atoms with Crippen molar-refractivity contribution in [1.82, 2.24) is 5.32 Å². The minimum Gasteiger partial charge on any atom is -0.316 e. The van der Waals surface area contributed by atoms with Gasteiger partial charge >= 0.3 is 0 Å². The van der Waals surface area contributed by atoms with Crippen molar-refractivity contribution in [1.29, 1.82) is 0 Å². The maximum Gasteiger partial charge on any atom is -0.00203 e. The molecule has 0 radical (unpaired) electrons. The summed E-state index contributed by atoms with van der Waals surface area (Å²) in [6, 6.07) is 0. The van der Waals surface area contributed by atoms with E-state index < -0.39 is 0 Å². The van der Waals surface area contributed by atoms with Gasteiger partial charge in [0.05, 0.1) is 0 Å². The first kappa shape index (κ1) is 16.3. The van der Waals surface area contributed by atoms with Crippen molar-refractivity contribution >= 4 is 11.8 Å². The van der Waals surface area contributed by atoms with Crippen molar-refractivity contribution in [2.45, 2.75) is 47.0 Å². The van der Waals surface area contributed by atoms with Crippen LogP contribution in [0.4, 0.5) is 0 Å². The lowest BCUT2D eigenvalue weighted by Gasteiger charge is -2.20. The summed E-state index contributed by atoms with van der Waals surface area (Å²) in [5.41, 5.74) is 0. The molecule has 0 saturated carbocycles. The van der Waals surface area contributed by atoms with E-state index in [1.165, 1.54) is 31.6 Å². The molecule has 2 heteroatoms. The van der Waals surface area contributed by atoms with E-state index in [0.717, 1.165) is 24.3 Å². The van der Waals surface area contributed by atoms with E-state index >= 15 is 0 Å². The molecule has 98 valence electrons. The van der Waals surface area contributed by atoms with Crippen LogP contribution in [0.3, 0.4) is 0 Å². The van der Waals surface area contributed by atoms with Crippen LogP contribution in [0.15, 0.2) is 0 Å². The summed E-state index contributed by atoms with van der Waals surface area (Å²) in [6.45, 7) is 11.6. The molecule has 0 bridgehead atoms. The number of thioether (sulfide) groups is 1. The van der Waals surface area contributed by atoms with Crippen molar-refractivity contribution in [3.63, 3.8) is 0 Å². The van der Waals surface area contributed by atoms with Crippen molar-refractivity contribution in [2.75, 3.05) is 25.1 Å². The number of nitrogens with one attached hydrogen (secondary N) is 1. The highest BCUT2D eigenvalue weighted by Gasteiger charge is 2.10. The normalized spacial score (nSPS) is 13.7. The molecule has 0 rings (SSSR count). The molecule has 1 N–H and O–H groups in total. The summed E-state index contributed by atoms with van der Waals surface area (Å²) in [4.78, 5) is 0. The molecule has 1 nitrogen and oxygen atoms in total. The van der Waals surface area contributed by atoms with E-state index in [9.17, 15) is 0 Å². The summed E-state index contributed by atoms with van der Waals surface area (Å²) < 4.78 is 0. The topological polar surface area (TPSA) is 12.0 Å². The Morgan fingerprint density at radius 3 is 2.19 bits per heavy atom. The zero-order chi connectivity index (χ0) is 12.4. The molecule has 0 aliphatic carbocycles. The fourth-order valence-corrected chi connectivity index (χ4v) is 2.52. The van der Waals surface area contributed by atoms with Crippen molar-refractivity contribution < 1.29 is 0 Å². The highest BCUT2D eigenvalue weighted by molar-refractivity contribution is 7.98. The Balaban J connectivity index is 3.71. The number of hydrogen-bond donors (Lipinski definition) is 1. The Bertz CT molecular complexity index is 146. The van der Waals surface area contributed by atoms with Gasteiger partial charge in [-0.1, -0.05) is 27.7 Å². The fourth-order valence-electron chi connectivity index (χ4n) is 2.06. The van der Waals surface area contributed by atoms with Gasteiger partial charge in [0.2, 0.25) is 0 Å². The Hall–Kier alpha value is 0.310. The quantitative estimate of drug-likeness (QED) is 0.583. The molecule has 0 fully saturated rings. The summed E-state index contributed by atoms with van der Waals surface area (Å²) in [7, 11) is 0. The van der Waals surface area contributed by atoms with Crippen molar-refractivity contribution in [3.05, 3.63) is 0 Å². The minimum absolute atomic E-state index is 0.769. The van der Waals surface area contributed by atoms with Crippen LogP contribution in [-0.2, 0) is 0 Å². The molecule has 0 aromatic heterocycles. The highest BCUT2D eigenvalue weighted by atomic mass is 32.2. The molecular formula is C14H31NS. The van der Waals surface area contributed by atoms with Crippen LogP contribution in [0.2, 0.25) is 0 Å². The molecular weight excluding hydrogens is 214 g/mol. The molecule has 0 aliphatic rings. The maximum atomic E-state index is 3.61. The van der Waals surface area contributed by atoms with E-state index in [4.69, 9.17) is 0 Å². The standard InChI is InChI=1S/C14H31NS/c1-12(2)9-14(7-6-8-16-5)11-15-10-13(3)4/h12-15H,6-11H2,1-5H3. The molecule has 0 aliphatic heterocycles. The largest absolute Gasteiger partial charge is 0.316 e. The van der Waals surface area contributed by atoms with Crippen LogP contribution in [0, 0.1) is 17.8 Å². The summed E-state index contributed by atoms with van der Waals surface area (Å²) in [5.74, 6) is 3.80. The van der Waals surface area contributed by atoms with Gasteiger partial charge < -0.3 is 5.32 Å². The zero-order valence-electron chi connectivity index (χ0n) is 11.9. The SMILES string of the molecule is CSCCCC(CNCC(C)C)CC(C)C. The molecule has 0 spiro atoms. The van der Waals surface area contributed by atoms with E-state index in [1.54, 1.807) is 0 Å². The molecule has 0 saturated heterocycles. The third-order valence-electron chi connectivity index (χ3n) is 2.75. The highest BCUT2D eigenvalue weighted by Crippen LogP contribution is 2.17. The average molecular weight is 245 g/mol. The Kier molecular flexibility index (Phi) is 10.7. The smallest absolute Gasteiger partial charge is 0.00203 e. The molecule has 0 heterocycles. The van der Waals surface area contributed by atoms with Crippen LogP contribution in [0.25, 0.3) is 0 Å². The average Bonchev–Trinajstić information content (AvgIpc) is 2.16. The lowest BCUT2D eigenvalue weighted by atomic mass is 9.93. The second-order valence-corrected chi connectivity index (χ2v) is 6.67. The first-order chi connectivity index (χ1) is 7.56. The second kappa shape index (κ2) is 10.5. The van der Waals surface area contributed by atoms with E-state index in [0.29, 0.717) is 0 Å². The predicted octanol–water partition coefficient (Wildman–Crippen LogP) is 4.04. The van der Waals surface area contributed by atoms with Gasteiger partial charge in [-0.25, -0.2) is 0 Å². The van der Waals surface area contributed by atoms with Gasteiger partial charge in [-0.05, 0) is 62.1 Å². The van der Waals surface area contributed by atoms with Crippen LogP contribution >= 0.6 is 11.8 Å². The van der Waals surface area contributed by atoms with Crippen LogP contribution in [-0.4, -0.2) is 25.1 Å². The molecule has 0 amide bonds. The van der Waals surface area contributed by atoms with E-state index in [-0.39, 0.29) is 0 Å². The van der Waals surface area contributed by atoms with E-state index in [1.807, 2.05) is 11.8 Å². The molecule has 1 atom stereocenters. The molecule has 0 aromatic rings. The van der Waals surface area contributed by atoms with Gasteiger partial charge in [-0.2, -0.15) is 11.8 Å². The predicted molar refractivity (Wildman–Crippen MR) is 78.3 cm³/mol. The Morgan fingerprint density at radius 2 is 1.69 bits per heavy atom. The van der Waals surface area contributed by atoms with Gasteiger partial charge in [0.15, 0.2) is 0 Å². The summed E-state index contributed by atoms with van der Waals surface area (Å²) in [6.07, 6.45) is 6.35. The molecule has 1 unspecified atom stereocenters. The minimum atomic E-state index is 0.769. The van der Waals surface area contributed by atoms with Crippen LogP contribution in [0.5, 0.6) is 0 Å². The van der Waals surface area contributed by atoms with E-state index in [2.05, 4.69) is 39.3 Å². The Labute approximate surface area is 107 Å². The number of rotatable bonds is 10. The lowest BCUT2D eigenvalue weighted by molar-refractivity contribution is 0.357. The van der Waals surface area contributed by atoms with Gasteiger partial charge in [-0.3, -0.25) is 0 Å². The zero-order valence-corrected chi connectivity index (χ0v) is 12.7. The lowest BCUT2D eigenvalue weighted by Crippen LogP contribution is -2.27. The summed E-state index contributed by atoms with van der Waals surface area (Å²) >= 11 is 1.97. The van der Waals surface area contributed by atoms with Gasteiger partial charge in [0.1, 0.15) is 0 Å². The van der Waals surface area contributed by atoms with Crippen LogP contribution in [0.1, 0.15) is 47.0 Å². The molecule has 0 aromatic carbocycles.